The molecule has 0 radical (unpaired) electrons. The van der Waals surface area contributed by atoms with Crippen LogP contribution in [0.5, 0.6) is 11.5 Å². The molecule has 3 heterocycles. The first-order valence-electron chi connectivity index (χ1n) is 12.0. The molecule has 1 fully saturated rings. The summed E-state index contributed by atoms with van der Waals surface area (Å²) in [6.07, 6.45) is 0. The number of aromatic nitrogens is 3. The molecule has 1 aromatic carbocycles. The van der Waals surface area contributed by atoms with Gasteiger partial charge in [-0.15, -0.1) is 10.2 Å². The highest BCUT2D eigenvalue weighted by molar-refractivity contribution is 7.99. The van der Waals surface area contributed by atoms with E-state index in [4.69, 9.17) is 14.2 Å². The van der Waals surface area contributed by atoms with Crippen LogP contribution in [0.15, 0.2) is 23.4 Å². The number of hydrogen-bond acceptors (Lipinski definition) is 8. The molecule has 186 valence electrons. The molecule has 9 nitrogen and oxygen atoms in total. The molecular weight excluding hydrogens is 454 g/mol. The second-order valence-electron chi connectivity index (χ2n) is 9.37. The van der Waals surface area contributed by atoms with Gasteiger partial charge in [0.05, 0.1) is 25.0 Å². The molecule has 0 saturated carbocycles. The van der Waals surface area contributed by atoms with Crippen LogP contribution in [0.2, 0.25) is 0 Å². The van der Waals surface area contributed by atoms with E-state index in [0.29, 0.717) is 32.3 Å². The molecule has 1 unspecified atom stereocenters. The summed E-state index contributed by atoms with van der Waals surface area (Å²) in [5, 5.41) is 12.8. The van der Waals surface area contributed by atoms with Crippen LogP contribution in [0, 0.1) is 11.8 Å². The maximum Gasteiger partial charge on any atom is 0.230 e. The molecule has 1 atom stereocenters. The molecule has 10 heteroatoms. The molecular formula is C24H35N5O4S. The predicted octanol–water partition coefficient (Wildman–Crippen LogP) is 3.15. The van der Waals surface area contributed by atoms with Crippen LogP contribution in [0.3, 0.4) is 0 Å². The van der Waals surface area contributed by atoms with Gasteiger partial charge < -0.3 is 24.4 Å². The Balaban J connectivity index is 1.42. The number of morpholine rings is 1. The lowest BCUT2D eigenvalue weighted by molar-refractivity contribution is -0.119. The third kappa shape index (κ3) is 5.96. The number of carbonyl (C=O) groups is 1. The quantitative estimate of drug-likeness (QED) is 0.537. The first-order valence-corrected chi connectivity index (χ1v) is 13.0. The molecule has 2 aliphatic rings. The van der Waals surface area contributed by atoms with Gasteiger partial charge in [-0.3, -0.25) is 9.36 Å². The maximum absolute atomic E-state index is 13.0. The van der Waals surface area contributed by atoms with Crippen molar-refractivity contribution in [1.82, 2.24) is 20.1 Å². The summed E-state index contributed by atoms with van der Waals surface area (Å²) in [5.74, 6) is 3.23. The van der Waals surface area contributed by atoms with Crippen LogP contribution in [-0.2, 0) is 16.1 Å². The largest absolute Gasteiger partial charge is 0.486 e. The second kappa shape index (κ2) is 11.3. The number of thioether (sulfide) groups is 1. The number of carbonyl (C=O) groups excluding carboxylic acids is 1. The van der Waals surface area contributed by atoms with Crippen LogP contribution in [0.4, 0.5) is 5.95 Å². The zero-order valence-corrected chi connectivity index (χ0v) is 21.3. The number of fused-ring (bicyclic) bond motifs is 1. The summed E-state index contributed by atoms with van der Waals surface area (Å²) >= 11 is 1.43. The Hall–Kier alpha value is -2.46. The monoisotopic (exact) mass is 489 g/mol. The van der Waals surface area contributed by atoms with Gasteiger partial charge in [0.15, 0.2) is 16.7 Å². The number of nitrogens with zero attached hydrogens (tertiary/aromatic N) is 4. The van der Waals surface area contributed by atoms with Crippen LogP contribution >= 0.6 is 11.8 Å². The normalized spacial score (nSPS) is 16.7. The Morgan fingerprint density at radius 2 is 1.79 bits per heavy atom. The minimum atomic E-state index is -0.124. The number of nitrogens with one attached hydrogen (secondary N) is 1. The van der Waals surface area contributed by atoms with Crippen molar-refractivity contribution in [3.05, 3.63) is 23.8 Å². The highest BCUT2D eigenvalue weighted by atomic mass is 32.2. The Morgan fingerprint density at radius 1 is 1.06 bits per heavy atom. The van der Waals surface area contributed by atoms with Gasteiger partial charge >= 0.3 is 0 Å². The van der Waals surface area contributed by atoms with Crippen molar-refractivity contribution in [2.75, 3.05) is 50.2 Å². The number of anilines is 1. The molecule has 1 N–H and O–H groups in total. The Morgan fingerprint density at radius 3 is 2.50 bits per heavy atom. The summed E-state index contributed by atoms with van der Waals surface area (Å²) in [6.45, 7) is 13.4. The molecule has 4 rings (SSSR count). The molecule has 1 aromatic heterocycles. The number of hydrogen-bond donors (Lipinski definition) is 1. The summed E-state index contributed by atoms with van der Waals surface area (Å²) in [6, 6.07) is 5.77. The van der Waals surface area contributed by atoms with Crippen molar-refractivity contribution < 1.29 is 19.0 Å². The van der Waals surface area contributed by atoms with Crippen LogP contribution in [0.1, 0.15) is 39.3 Å². The molecule has 0 aliphatic carbocycles. The van der Waals surface area contributed by atoms with E-state index in [0.717, 1.165) is 47.8 Å². The zero-order valence-electron chi connectivity index (χ0n) is 20.5. The highest BCUT2D eigenvalue weighted by Gasteiger charge is 2.24. The van der Waals surface area contributed by atoms with Crippen LogP contribution in [-0.4, -0.2) is 65.9 Å². The second-order valence-corrected chi connectivity index (χ2v) is 10.3. The minimum Gasteiger partial charge on any atom is -0.486 e. The van der Waals surface area contributed by atoms with Gasteiger partial charge in [0.2, 0.25) is 11.9 Å². The van der Waals surface area contributed by atoms with E-state index >= 15 is 0 Å². The summed E-state index contributed by atoms with van der Waals surface area (Å²) in [4.78, 5) is 15.2. The summed E-state index contributed by atoms with van der Waals surface area (Å²) in [5.41, 5.74) is 1.01. The van der Waals surface area contributed by atoms with Gasteiger partial charge in [-0.25, -0.2) is 0 Å². The molecule has 2 aromatic rings. The van der Waals surface area contributed by atoms with Gasteiger partial charge in [-0.05, 0) is 29.5 Å². The fraction of sp³-hybridized carbons (Fsp3) is 0.625. The van der Waals surface area contributed by atoms with E-state index < -0.39 is 0 Å². The lowest BCUT2D eigenvalue weighted by Crippen LogP contribution is -2.38. The first-order chi connectivity index (χ1) is 16.4. The van der Waals surface area contributed by atoms with E-state index in [2.05, 4.69) is 52.7 Å². The fourth-order valence-electron chi connectivity index (χ4n) is 4.14. The smallest absolute Gasteiger partial charge is 0.230 e. The topological polar surface area (TPSA) is 90.7 Å². The van der Waals surface area contributed by atoms with Gasteiger partial charge in [-0.1, -0.05) is 45.5 Å². The van der Waals surface area contributed by atoms with Crippen LogP contribution < -0.4 is 19.7 Å². The van der Waals surface area contributed by atoms with Gasteiger partial charge in [-0.2, -0.15) is 0 Å². The van der Waals surface area contributed by atoms with Crippen molar-refractivity contribution >= 4 is 23.6 Å². The first kappa shape index (κ1) is 24.7. The standard InChI is InChI=1S/C24H35N5O4S/c1-16(2)14-29-23(28-7-9-31-10-8-28)26-27-24(29)34-15-21(30)25-22(17(3)4)18-5-6-19-20(13-18)33-12-11-32-19/h5-6,13,16-17,22H,7-12,14-15H2,1-4H3,(H,25,30). The van der Waals surface area contributed by atoms with Crippen molar-refractivity contribution in [3.8, 4) is 11.5 Å². The lowest BCUT2D eigenvalue weighted by Gasteiger charge is -2.28. The van der Waals surface area contributed by atoms with Crippen molar-refractivity contribution in [2.45, 2.75) is 45.4 Å². The average Bonchev–Trinajstić information content (AvgIpc) is 3.23. The molecule has 1 saturated heterocycles. The van der Waals surface area contributed by atoms with Crippen molar-refractivity contribution in [2.24, 2.45) is 11.8 Å². The fourth-order valence-corrected chi connectivity index (χ4v) is 4.90. The third-order valence-electron chi connectivity index (χ3n) is 5.78. The molecule has 1 amide bonds. The Labute approximate surface area is 205 Å². The number of benzene rings is 1. The van der Waals surface area contributed by atoms with E-state index in [-0.39, 0.29) is 23.6 Å². The summed E-state index contributed by atoms with van der Waals surface area (Å²) < 4.78 is 19.0. The highest BCUT2D eigenvalue weighted by Crippen LogP contribution is 2.34. The zero-order chi connectivity index (χ0) is 24.1. The Kier molecular flexibility index (Phi) is 8.20. The predicted molar refractivity (Wildman–Crippen MR) is 132 cm³/mol. The van der Waals surface area contributed by atoms with E-state index in [1.54, 1.807) is 0 Å². The van der Waals surface area contributed by atoms with Crippen molar-refractivity contribution in [1.29, 1.82) is 0 Å². The number of rotatable bonds is 9. The lowest BCUT2D eigenvalue weighted by atomic mass is 9.95. The van der Waals surface area contributed by atoms with Gasteiger partial charge in [0.25, 0.3) is 0 Å². The van der Waals surface area contributed by atoms with Gasteiger partial charge in [0, 0.05) is 19.6 Å². The molecule has 0 bridgehead atoms. The number of ether oxygens (including phenoxy) is 3. The molecule has 2 aliphatic heterocycles. The minimum absolute atomic E-state index is 0.0365. The number of amides is 1. The molecule has 0 spiro atoms. The van der Waals surface area contributed by atoms with Gasteiger partial charge in [0.1, 0.15) is 13.2 Å². The third-order valence-corrected chi connectivity index (χ3v) is 6.75. The van der Waals surface area contributed by atoms with Crippen molar-refractivity contribution in [3.63, 3.8) is 0 Å². The average molecular weight is 490 g/mol. The van der Waals surface area contributed by atoms with E-state index in [1.807, 2.05) is 18.2 Å². The Bertz CT molecular complexity index is 974. The molecule has 34 heavy (non-hydrogen) atoms. The van der Waals surface area contributed by atoms with Crippen LogP contribution in [0.25, 0.3) is 0 Å². The maximum atomic E-state index is 13.0. The SMILES string of the molecule is CC(C)Cn1c(SCC(=O)NC(c2ccc3c(c2)OCCO3)C(C)C)nnc1N1CCOCC1. The van der Waals surface area contributed by atoms with E-state index in [1.165, 1.54) is 11.8 Å². The summed E-state index contributed by atoms with van der Waals surface area (Å²) in [7, 11) is 0. The van der Waals surface area contributed by atoms with E-state index in [9.17, 15) is 4.79 Å².